The van der Waals surface area contributed by atoms with Gasteiger partial charge >= 0.3 is 0 Å². The summed E-state index contributed by atoms with van der Waals surface area (Å²) < 4.78 is 21.3. The minimum Gasteiger partial charge on any atom is -0.497 e. The monoisotopic (exact) mass is 497 g/mol. The van der Waals surface area contributed by atoms with Gasteiger partial charge in [0, 0.05) is 11.6 Å². The second-order valence-corrected chi connectivity index (χ2v) is 7.43. The molecular weight excluding hydrogens is 474 g/mol. The minimum absolute atomic E-state index is 0.241. The molecule has 0 heterocycles. The Kier molecular flexibility index (Phi) is 8.91. The number of carbonyl (C=O) groups excluding carboxylic acids is 2. The number of anilines is 1. The van der Waals surface area contributed by atoms with Crippen molar-refractivity contribution in [2.75, 3.05) is 33.3 Å². The molecule has 9 nitrogen and oxygen atoms in total. The highest BCUT2D eigenvalue weighted by atomic mass is 35.5. The van der Waals surface area contributed by atoms with Crippen LogP contribution in [0.25, 0.3) is 0 Å². The van der Waals surface area contributed by atoms with Gasteiger partial charge in [0.05, 0.1) is 38.3 Å². The summed E-state index contributed by atoms with van der Waals surface area (Å²) in [5.74, 6) is 0.922. The van der Waals surface area contributed by atoms with Crippen LogP contribution in [0, 0.1) is 0 Å². The van der Waals surface area contributed by atoms with Gasteiger partial charge in [0.2, 0.25) is 0 Å². The first-order valence-electron chi connectivity index (χ1n) is 10.3. The first-order valence-corrected chi connectivity index (χ1v) is 10.7. The highest BCUT2D eigenvalue weighted by molar-refractivity contribution is 6.33. The van der Waals surface area contributed by atoms with Crippen molar-refractivity contribution in [3.63, 3.8) is 0 Å². The standard InChI is InChI=1S/C25H24ClN3O6/c1-32-18-11-17(12-19(13-18)33-2)25(31)29-27-14-16-8-9-22(23(10-16)34-3)35-15-24(30)28-21-7-5-4-6-20(21)26/h4-14H,15H2,1-3H3,(H,28,30)(H,29,31)/b27-14+. The van der Waals surface area contributed by atoms with E-state index in [9.17, 15) is 9.59 Å². The topological polar surface area (TPSA) is 107 Å². The van der Waals surface area contributed by atoms with E-state index in [0.717, 1.165) is 0 Å². The van der Waals surface area contributed by atoms with Crippen molar-refractivity contribution in [3.8, 4) is 23.0 Å². The Balaban J connectivity index is 1.60. The fourth-order valence-electron chi connectivity index (χ4n) is 2.94. The number of para-hydroxylation sites is 1. The third-order valence-corrected chi connectivity index (χ3v) is 5.02. The van der Waals surface area contributed by atoms with Gasteiger partial charge < -0.3 is 24.3 Å². The van der Waals surface area contributed by atoms with Crippen molar-refractivity contribution in [2.24, 2.45) is 5.10 Å². The van der Waals surface area contributed by atoms with Crippen molar-refractivity contribution in [3.05, 3.63) is 76.8 Å². The van der Waals surface area contributed by atoms with Gasteiger partial charge in [-0.25, -0.2) is 5.43 Å². The number of methoxy groups -OCH3 is 3. The van der Waals surface area contributed by atoms with Gasteiger partial charge in [0.15, 0.2) is 18.1 Å². The molecule has 0 radical (unpaired) electrons. The summed E-state index contributed by atoms with van der Waals surface area (Å²) in [6.07, 6.45) is 1.45. The van der Waals surface area contributed by atoms with Crippen molar-refractivity contribution in [1.29, 1.82) is 0 Å². The molecule has 3 rings (SSSR count). The Morgan fingerprint density at radius 1 is 0.914 bits per heavy atom. The maximum atomic E-state index is 12.4. The molecule has 3 aromatic carbocycles. The van der Waals surface area contributed by atoms with Crippen molar-refractivity contribution in [1.82, 2.24) is 5.43 Å². The number of carbonyl (C=O) groups is 2. The van der Waals surface area contributed by atoms with Crippen LogP contribution < -0.4 is 29.7 Å². The van der Waals surface area contributed by atoms with Crippen LogP contribution in [0.5, 0.6) is 23.0 Å². The quantitative estimate of drug-likeness (QED) is 0.322. The maximum absolute atomic E-state index is 12.4. The molecule has 0 aliphatic rings. The molecule has 2 amide bonds. The summed E-state index contributed by atoms with van der Waals surface area (Å²) in [4.78, 5) is 24.6. The Morgan fingerprint density at radius 3 is 2.29 bits per heavy atom. The van der Waals surface area contributed by atoms with E-state index in [1.165, 1.54) is 27.5 Å². The number of hydrogen-bond donors (Lipinski definition) is 2. The molecule has 0 bridgehead atoms. The van der Waals surface area contributed by atoms with Gasteiger partial charge in [-0.1, -0.05) is 23.7 Å². The lowest BCUT2D eigenvalue weighted by Gasteiger charge is -2.12. The lowest BCUT2D eigenvalue weighted by Crippen LogP contribution is -2.20. The predicted octanol–water partition coefficient (Wildman–Crippen LogP) is 4.15. The van der Waals surface area contributed by atoms with Crippen molar-refractivity contribution >= 4 is 35.3 Å². The molecule has 0 aliphatic heterocycles. The van der Waals surface area contributed by atoms with Crippen LogP contribution in [0.15, 0.2) is 65.8 Å². The summed E-state index contributed by atoms with van der Waals surface area (Å²) in [5, 5.41) is 7.10. The number of hydrogen-bond acceptors (Lipinski definition) is 7. The number of ether oxygens (including phenoxy) is 4. The summed E-state index contributed by atoms with van der Waals surface area (Å²) in [7, 11) is 4.48. The van der Waals surface area contributed by atoms with E-state index in [1.807, 2.05) is 0 Å². The molecule has 182 valence electrons. The molecule has 0 spiro atoms. The van der Waals surface area contributed by atoms with E-state index in [0.29, 0.717) is 44.8 Å². The number of amides is 2. The largest absolute Gasteiger partial charge is 0.497 e. The van der Waals surface area contributed by atoms with Crippen LogP contribution >= 0.6 is 11.6 Å². The molecule has 35 heavy (non-hydrogen) atoms. The van der Waals surface area contributed by atoms with Crippen LogP contribution in [-0.2, 0) is 4.79 Å². The Morgan fingerprint density at radius 2 is 1.63 bits per heavy atom. The maximum Gasteiger partial charge on any atom is 0.271 e. The third-order valence-electron chi connectivity index (χ3n) is 4.69. The van der Waals surface area contributed by atoms with Crippen LogP contribution in [0.4, 0.5) is 5.69 Å². The lowest BCUT2D eigenvalue weighted by atomic mass is 10.2. The SMILES string of the molecule is COc1cc(OC)cc(C(=O)N/N=C/c2ccc(OCC(=O)Nc3ccccc3Cl)c(OC)c2)c1. The predicted molar refractivity (Wildman–Crippen MR) is 133 cm³/mol. The van der Waals surface area contributed by atoms with Crippen LogP contribution in [-0.4, -0.2) is 46.0 Å². The Bertz CT molecular complexity index is 1210. The summed E-state index contributed by atoms with van der Waals surface area (Å²) in [5.41, 5.74) is 3.92. The van der Waals surface area contributed by atoms with Gasteiger partial charge in [-0.2, -0.15) is 5.10 Å². The second-order valence-electron chi connectivity index (χ2n) is 7.03. The zero-order valence-corrected chi connectivity index (χ0v) is 20.1. The normalized spacial score (nSPS) is 10.5. The van der Waals surface area contributed by atoms with Crippen molar-refractivity contribution < 1.29 is 28.5 Å². The van der Waals surface area contributed by atoms with Crippen LogP contribution in [0.2, 0.25) is 5.02 Å². The summed E-state index contributed by atoms with van der Waals surface area (Å²) >= 11 is 6.05. The highest BCUT2D eigenvalue weighted by Gasteiger charge is 2.11. The van der Waals surface area contributed by atoms with Gasteiger partial charge in [0.25, 0.3) is 11.8 Å². The van der Waals surface area contributed by atoms with Gasteiger partial charge in [-0.3, -0.25) is 9.59 Å². The molecule has 3 aromatic rings. The number of benzene rings is 3. The van der Waals surface area contributed by atoms with Crippen LogP contribution in [0.3, 0.4) is 0 Å². The molecule has 10 heteroatoms. The minimum atomic E-state index is -0.435. The molecule has 0 unspecified atom stereocenters. The molecule has 0 aromatic heterocycles. The van der Waals surface area contributed by atoms with Crippen molar-refractivity contribution in [2.45, 2.75) is 0 Å². The van der Waals surface area contributed by atoms with Gasteiger partial charge in [-0.15, -0.1) is 0 Å². The highest BCUT2D eigenvalue weighted by Crippen LogP contribution is 2.28. The van der Waals surface area contributed by atoms with E-state index < -0.39 is 5.91 Å². The van der Waals surface area contributed by atoms with Gasteiger partial charge in [-0.05, 0) is 48.0 Å². The third kappa shape index (κ3) is 7.12. The number of nitrogens with zero attached hydrogens (tertiary/aromatic N) is 1. The van der Waals surface area contributed by atoms with Crippen LogP contribution in [0.1, 0.15) is 15.9 Å². The average Bonchev–Trinajstić information content (AvgIpc) is 2.88. The number of hydrazone groups is 1. The smallest absolute Gasteiger partial charge is 0.271 e. The summed E-state index contributed by atoms with van der Waals surface area (Å²) in [6, 6.07) is 16.7. The zero-order chi connectivity index (χ0) is 25.2. The number of rotatable bonds is 10. The average molecular weight is 498 g/mol. The van der Waals surface area contributed by atoms with E-state index >= 15 is 0 Å². The number of nitrogens with one attached hydrogen (secondary N) is 2. The fraction of sp³-hybridized carbons (Fsp3) is 0.160. The molecule has 2 N–H and O–H groups in total. The molecule has 0 fully saturated rings. The second kappa shape index (κ2) is 12.3. The summed E-state index contributed by atoms with van der Waals surface area (Å²) in [6.45, 7) is -0.241. The van der Waals surface area contributed by atoms with E-state index in [2.05, 4.69) is 15.8 Å². The van der Waals surface area contributed by atoms with E-state index in [-0.39, 0.29) is 12.5 Å². The first-order chi connectivity index (χ1) is 16.9. The molecular formula is C25H24ClN3O6. The fourth-order valence-corrected chi connectivity index (χ4v) is 3.13. The lowest BCUT2D eigenvalue weighted by molar-refractivity contribution is -0.118. The first kappa shape index (κ1) is 25.4. The van der Waals surface area contributed by atoms with E-state index in [1.54, 1.807) is 60.7 Å². The Labute approximate surface area is 207 Å². The van der Waals surface area contributed by atoms with E-state index in [4.69, 9.17) is 30.5 Å². The molecule has 0 aliphatic carbocycles. The Hall–Kier alpha value is -4.24. The molecule has 0 atom stereocenters. The van der Waals surface area contributed by atoms with Gasteiger partial charge in [0.1, 0.15) is 11.5 Å². The molecule has 0 saturated carbocycles. The molecule has 0 saturated heterocycles. The zero-order valence-electron chi connectivity index (χ0n) is 19.3. The number of halogens is 1.